The fourth-order valence-corrected chi connectivity index (χ4v) is 2.22. The molecule has 86 valence electrons. The van der Waals surface area contributed by atoms with Crippen LogP contribution in [0.15, 0.2) is 18.2 Å². The van der Waals surface area contributed by atoms with E-state index in [0.717, 1.165) is 13.0 Å². The normalized spacial score (nSPS) is 13.8. The van der Waals surface area contributed by atoms with Crippen molar-refractivity contribution in [2.75, 3.05) is 13.1 Å². The molecule has 3 heteroatoms. The van der Waals surface area contributed by atoms with Crippen LogP contribution in [0.4, 0.5) is 0 Å². The first-order valence-corrected chi connectivity index (χ1v) is 5.85. The summed E-state index contributed by atoms with van der Waals surface area (Å²) in [6, 6.07) is 6.73. The van der Waals surface area contributed by atoms with Crippen LogP contribution in [0.2, 0.25) is 0 Å². The summed E-state index contributed by atoms with van der Waals surface area (Å²) in [5, 5.41) is 3.03. The molecular formula is C13H18N2O. The number of hydrogen-bond donors (Lipinski definition) is 2. The van der Waals surface area contributed by atoms with Gasteiger partial charge in [-0.25, -0.2) is 0 Å². The van der Waals surface area contributed by atoms with Crippen LogP contribution in [0.1, 0.15) is 23.1 Å². The first kappa shape index (κ1) is 11.1. The fourth-order valence-electron chi connectivity index (χ4n) is 2.22. The van der Waals surface area contributed by atoms with Crippen molar-refractivity contribution in [3.63, 3.8) is 0 Å². The van der Waals surface area contributed by atoms with Crippen molar-refractivity contribution in [1.29, 1.82) is 0 Å². The number of hydrogen-bond acceptors (Lipinski definition) is 2. The molecule has 0 aliphatic heterocycles. The van der Waals surface area contributed by atoms with Gasteiger partial charge in [-0.15, -0.1) is 0 Å². The van der Waals surface area contributed by atoms with E-state index in [0.29, 0.717) is 0 Å². The van der Waals surface area contributed by atoms with Crippen LogP contribution in [-0.4, -0.2) is 19.0 Å². The van der Waals surface area contributed by atoms with E-state index in [2.05, 4.69) is 23.5 Å². The third kappa shape index (κ3) is 2.83. The Labute approximate surface area is 96.0 Å². The zero-order chi connectivity index (χ0) is 11.4. The number of amides is 1. The zero-order valence-corrected chi connectivity index (χ0v) is 9.46. The Morgan fingerprint density at radius 1 is 1.31 bits per heavy atom. The second-order valence-electron chi connectivity index (χ2n) is 4.35. The summed E-state index contributed by atoms with van der Waals surface area (Å²) < 4.78 is 0. The van der Waals surface area contributed by atoms with Gasteiger partial charge in [-0.1, -0.05) is 18.2 Å². The number of rotatable bonds is 5. The molecule has 0 spiro atoms. The highest BCUT2D eigenvalue weighted by atomic mass is 16.1. The van der Waals surface area contributed by atoms with Gasteiger partial charge in [0.05, 0.1) is 6.54 Å². The molecule has 0 bridgehead atoms. The van der Waals surface area contributed by atoms with E-state index in [1.54, 1.807) is 0 Å². The molecule has 1 aliphatic carbocycles. The third-order valence-corrected chi connectivity index (χ3v) is 3.05. The predicted molar refractivity (Wildman–Crippen MR) is 64.2 cm³/mol. The van der Waals surface area contributed by atoms with Crippen LogP contribution in [-0.2, 0) is 24.1 Å². The highest BCUT2D eigenvalue weighted by molar-refractivity contribution is 5.75. The van der Waals surface area contributed by atoms with Gasteiger partial charge in [0.1, 0.15) is 0 Å². The fraction of sp³-hybridized carbons (Fsp3) is 0.462. The molecular weight excluding hydrogens is 200 g/mol. The van der Waals surface area contributed by atoms with Gasteiger partial charge in [0.2, 0.25) is 5.91 Å². The predicted octanol–water partition coefficient (Wildman–Crippen LogP) is 0.793. The number of carbonyl (C=O) groups is 1. The van der Waals surface area contributed by atoms with Crippen molar-refractivity contribution in [3.05, 3.63) is 34.9 Å². The molecule has 0 unspecified atom stereocenters. The molecule has 0 saturated heterocycles. The maximum absolute atomic E-state index is 10.5. The van der Waals surface area contributed by atoms with E-state index >= 15 is 0 Å². The quantitative estimate of drug-likeness (QED) is 0.718. The average Bonchev–Trinajstić information content (AvgIpc) is 2.71. The molecule has 1 amide bonds. The van der Waals surface area contributed by atoms with Gasteiger partial charge in [-0.05, 0) is 48.9 Å². The van der Waals surface area contributed by atoms with E-state index < -0.39 is 0 Å². The maximum atomic E-state index is 10.5. The second-order valence-corrected chi connectivity index (χ2v) is 4.35. The van der Waals surface area contributed by atoms with Crippen LogP contribution in [0.3, 0.4) is 0 Å². The Hall–Kier alpha value is -1.35. The van der Waals surface area contributed by atoms with Gasteiger partial charge >= 0.3 is 0 Å². The van der Waals surface area contributed by atoms with E-state index in [9.17, 15) is 4.79 Å². The minimum absolute atomic E-state index is 0.269. The summed E-state index contributed by atoms with van der Waals surface area (Å²) >= 11 is 0. The lowest BCUT2D eigenvalue weighted by Gasteiger charge is -2.05. The maximum Gasteiger partial charge on any atom is 0.231 e. The SMILES string of the molecule is NC(=O)CNCCc1ccc2c(c1)CCC2. The second kappa shape index (κ2) is 5.12. The monoisotopic (exact) mass is 218 g/mol. The highest BCUT2D eigenvalue weighted by Gasteiger charge is 2.10. The lowest BCUT2D eigenvalue weighted by Crippen LogP contribution is -2.29. The summed E-state index contributed by atoms with van der Waals surface area (Å²) in [7, 11) is 0. The number of aryl methyl sites for hydroxylation is 2. The Bertz CT molecular complexity index is 388. The Morgan fingerprint density at radius 2 is 2.12 bits per heavy atom. The largest absolute Gasteiger partial charge is 0.369 e. The number of carbonyl (C=O) groups excluding carboxylic acids is 1. The summed E-state index contributed by atoms with van der Waals surface area (Å²) in [5.74, 6) is -0.297. The standard InChI is InChI=1S/C13H18N2O/c14-13(16)9-15-7-6-10-4-5-11-2-1-3-12(11)8-10/h4-5,8,15H,1-3,6-7,9H2,(H2,14,16). The average molecular weight is 218 g/mol. The van der Waals surface area contributed by atoms with Crippen LogP contribution in [0.5, 0.6) is 0 Å². The summed E-state index contributed by atoms with van der Waals surface area (Å²) in [5.41, 5.74) is 9.40. The molecule has 1 aromatic rings. The molecule has 1 aliphatic rings. The zero-order valence-electron chi connectivity index (χ0n) is 9.46. The summed E-state index contributed by atoms with van der Waals surface area (Å²) in [4.78, 5) is 10.5. The minimum Gasteiger partial charge on any atom is -0.369 e. The first-order valence-electron chi connectivity index (χ1n) is 5.85. The van der Waals surface area contributed by atoms with Gasteiger partial charge in [-0.3, -0.25) is 4.79 Å². The number of nitrogens with two attached hydrogens (primary N) is 1. The lowest BCUT2D eigenvalue weighted by atomic mass is 10.0. The van der Waals surface area contributed by atoms with Gasteiger partial charge in [0.15, 0.2) is 0 Å². The van der Waals surface area contributed by atoms with Crippen molar-refractivity contribution in [2.45, 2.75) is 25.7 Å². The molecule has 0 fully saturated rings. The molecule has 2 rings (SSSR count). The van der Waals surface area contributed by atoms with Gasteiger partial charge in [0, 0.05) is 0 Å². The van der Waals surface area contributed by atoms with Gasteiger partial charge in [0.25, 0.3) is 0 Å². The van der Waals surface area contributed by atoms with Gasteiger partial charge in [-0.2, -0.15) is 0 Å². The van der Waals surface area contributed by atoms with Crippen LogP contribution >= 0.6 is 0 Å². The topological polar surface area (TPSA) is 55.1 Å². The number of nitrogens with one attached hydrogen (secondary N) is 1. The molecule has 3 N–H and O–H groups in total. The van der Waals surface area contributed by atoms with Gasteiger partial charge < -0.3 is 11.1 Å². The summed E-state index contributed by atoms with van der Waals surface area (Å²) in [6.07, 6.45) is 4.70. The molecule has 16 heavy (non-hydrogen) atoms. The molecule has 0 atom stereocenters. The van der Waals surface area contributed by atoms with E-state index in [1.165, 1.54) is 36.0 Å². The summed E-state index contributed by atoms with van der Waals surface area (Å²) in [6.45, 7) is 1.08. The van der Waals surface area contributed by atoms with Crippen LogP contribution in [0.25, 0.3) is 0 Å². The number of fused-ring (bicyclic) bond motifs is 1. The van der Waals surface area contributed by atoms with Crippen molar-refractivity contribution in [3.8, 4) is 0 Å². The molecule has 0 aromatic heterocycles. The molecule has 1 aromatic carbocycles. The number of benzene rings is 1. The Kier molecular flexibility index (Phi) is 3.57. The highest BCUT2D eigenvalue weighted by Crippen LogP contribution is 2.22. The Morgan fingerprint density at radius 3 is 2.94 bits per heavy atom. The van der Waals surface area contributed by atoms with Crippen LogP contribution in [0, 0.1) is 0 Å². The Balaban J connectivity index is 1.83. The number of primary amides is 1. The van der Waals surface area contributed by atoms with E-state index in [-0.39, 0.29) is 12.5 Å². The smallest absolute Gasteiger partial charge is 0.231 e. The van der Waals surface area contributed by atoms with Crippen molar-refractivity contribution in [2.24, 2.45) is 5.73 Å². The van der Waals surface area contributed by atoms with Crippen molar-refractivity contribution >= 4 is 5.91 Å². The van der Waals surface area contributed by atoms with Crippen molar-refractivity contribution < 1.29 is 4.79 Å². The molecule has 3 nitrogen and oxygen atoms in total. The lowest BCUT2D eigenvalue weighted by molar-refractivity contribution is -0.117. The van der Waals surface area contributed by atoms with E-state index in [1.807, 2.05) is 0 Å². The molecule has 0 heterocycles. The molecule has 0 radical (unpaired) electrons. The minimum atomic E-state index is -0.297. The van der Waals surface area contributed by atoms with Crippen molar-refractivity contribution in [1.82, 2.24) is 5.32 Å². The first-order chi connectivity index (χ1) is 7.75. The van der Waals surface area contributed by atoms with E-state index in [4.69, 9.17) is 5.73 Å². The third-order valence-electron chi connectivity index (χ3n) is 3.05. The van der Waals surface area contributed by atoms with Crippen LogP contribution < -0.4 is 11.1 Å². The molecule has 0 saturated carbocycles.